The van der Waals surface area contributed by atoms with Crippen LogP contribution in [0.15, 0.2) is 15.9 Å². The molecule has 1 saturated heterocycles. The van der Waals surface area contributed by atoms with E-state index in [1.54, 1.807) is 7.05 Å². The molecule has 1 fully saturated rings. The van der Waals surface area contributed by atoms with E-state index in [2.05, 4.69) is 4.98 Å². The van der Waals surface area contributed by atoms with E-state index in [1.165, 1.54) is 27.4 Å². The van der Waals surface area contributed by atoms with E-state index in [9.17, 15) is 24.3 Å². The van der Waals surface area contributed by atoms with E-state index in [1.807, 2.05) is 6.92 Å². The lowest BCUT2D eigenvalue weighted by Gasteiger charge is -2.34. The van der Waals surface area contributed by atoms with Crippen LogP contribution >= 0.6 is 0 Å². The molecule has 2 unspecified atom stereocenters. The zero-order valence-corrected chi connectivity index (χ0v) is 14.9. The van der Waals surface area contributed by atoms with Crippen molar-refractivity contribution in [3.8, 4) is 0 Å². The first-order valence-corrected chi connectivity index (χ1v) is 8.32. The van der Waals surface area contributed by atoms with E-state index in [-0.39, 0.29) is 23.6 Å². The molecule has 0 aliphatic carbocycles. The van der Waals surface area contributed by atoms with Crippen molar-refractivity contribution >= 4 is 23.0 Å². The van der Waals surface area contributed by atoms with Gasteiger partial charge in [-0.05, 0) is 12.3 Å². The number of rotatable bonds is 3. The Kier molecular flexibility index (Phi) is 4.43. The number of carbonyl (C=O) groups is 2. The van der Waals surface area contributed by atoms with E-state index >= 15 is 0 Å². The highest BCUT2D eigenvalue weighted by molar-refractivity contribution is 5.78. The molecule has 10 heteroatoms. The SMILES string of the molecule is CC1CC(C(=O)O)CN(C(=O)Cn2c(=O)c3c(ncn3C)n(C)c2=O)C1. The van der Waals surface area contributed by atoms with Crippen molar-refractivity contribution in [2.75, 3.05) is 13.1 Å². The fourth-order valence-corrected chi connectivity index (χ4v) is 3.51. The number of fused-ring (bicyclic) bond motifs is 1. The number of carboxylic acid groups (broad SMARTS) is 1. The van der Waals surface area contributed by atoms with Crippen LogP contribution in [0.3, 0.4) is 0 Å². The summed E-state index contributed by atoms with van der Waals surface area (Å²) in [5, 5.41) is 9.24. The second kappa shape index (κ2) is 6.43. The fourth-order valence-electron chi connectivity index (χ4n) is 3.51. The number of hydrogen-bond acceptors (Lipinski definition) is 5. The molecule has 1 N–H and O–H groups in total. The molecule has 26 heavy (non-hydrogen) atoms. The fraction of sp³-hybridized carbons (Fsp3) is 0.562. The number of imidazole rings is 1. The van der Waals surface area contributed by atoms with Gasteiger partial charge in [0.1, 0.15) is 6.54 Å². The third-order valence-electron chi connectivity index (χ3n) is 4.86. The number of nitrogens with zero attached hydrogens (tertiary/aromatic N) is 5. The van der Waals surface area contributed by atoms with E-state index in [0.29, 0.717) is 13.0 Å². The molecule has 140 valence electrons. The van der Waals surface area contributed by atoms with Crippen molar-refractivity contribution in [1.82, 2.24) is 23.6 Å². The molecule has 0 aromatic carbocycles. The maximum atomic E-state index is 12.7. The number of likely N-dealkylation sites (tertiary alicyclic amines) is 1. The summed E-state index contributed by atoms with van der Waals surface area (Å²) in [6.45, 7) is 1.95. The minimum Gasteiger partial charge on any atom is -0.481 e. The molecular formula is C16H21N5O5. The number of piperidine rings is 1. The van der Waals surface area contributed by atoms with Gasteiger partial charge < -0.3 is 14.6 Å². The van der Waals surface area contributed by atoms with Gasteiger partial charge in [0.05, 0.1) is 12.2 Å². The van der Waals surface area contributed by atoms with Gasteiger partial charge in [0, 0.05) is 27.2 Å². The average Bonchev–Trinajstić information content (AvgIpc) is 2.97. The second-order valence-electron chi connectivity index (χ2n) is 6.94. The Morgan fingerprint density at radius 3 is 2.62 bits per heavy atom. The van der Waals surface area contributed by atoms with Crippen LogP contribution < -0.4 is 11.2 Å². The predicted molar refractivity (Wildman–Crippen MR) is 91.7 cm³/mol. The van der Waals surface area contributed by atoms with Crippen LogP contribution in [0.4, 0.5) is 0 Å². The minimum atomic E-state index is -0.946. The largest absolute Gasteiger partial charge is 0.481 e. The van der Waals surface area contributed by atoms with Gasteiger partial charge in [0.15, 0.2) is 11.2 Å². The van der Waals surface area contributed by atoms with E-state index in [0.717, 1.165) is 4.57 Å². The zero-order chi connectivity index (χ0) is 19.2. The smallest absolute Gasteiger partial charge is 0.332 e. The van der Waals surface area contributed by atoms with E-state index < -0.39 is 35.6 Å². The summed E-state index contributed by atoms with van der Waals surface area (Å²) in [5.41, 5.74) is -0.732. The third kappa shape index (κ3) is 2.91. The summed E-state index contributed by atoms with van der Waals surface area (Å²) in [4.78, 5) is 54.5. The quantitative estimate of drug-likeness (QED) is 0.747. The number of aromatic nitrogens is 4. The maximum Gasteiger partial charge on any atom is 0.332 e. The standard InChI is InChI=1S/C16H21N5O5/c1-9-4-10(15(24)25)6-20(5-9)11(22)7-21-14(23)12-13(17-8-18(12)2)19(3)16(21)26/h8-10H,4-7H2,1-3H3,(H,24,25). The van der Waals surface area contributed by atoms with Crippen LogP contribution in [0.5, 0.6) is 0 Å². The highest BCUT2D eigenvalue weighted by atomic mass is 16.4. The molecule has 1 aliphatic heterocycles. The Bertz CT molecular complexity index is 1000. The maximum absolute atomic E-state index is 12.7. The summed E-state index contributed by atoms with van der Waals surface area (Å²) in [7, 11) is 3.12. The number of carboxylic acids is 1. The van der Waals surface area contributed by atoms with Gasteiger partial charge in [-0.3, -0.25) is 19.0 Å². The summed E-state index contributed by atoms with van der Waals surface area (Å²) in [6.07, 6.45) is 1.93. The van der Waals surface area contributed by atoms with Gasteiger partial charge in [-0.25, -0.2) is 14.3 Å². The predicted octanol–water partition coefficient (Wildman–Crippen LogP) is -0.997. The highest BCUT2D eigenvalue weighted by Gasteiger charge is 2.32. The van der Waals surface area contributed by atoms with Crippen LogP contribution in [0.1, 0.15) is 13.3 Å². The van der Waals surface area contributed by atoms with Gasteiger partial charge in [0.25, 0.3) is 5.56 Å². The molecule has 0 spiro atoms. The Morgan fingerprint density at radius 2 is 1.96 bits per heavy atom. The topological polar surface area (TPSA) is 119 Å². The zero-order valence-electron chi connectivity index (χ0n) is 14.9. The normalized spacial score (nSPS) is 20.5. The first-order valence-electron chi connectivity index (χ1n) is 8.32. The molecule has 3 heterocycles. The third-order valence-corrected chi connectivity index (χ3v) is 4.86. The summed E-state index contributed by atoms with van der Waals surface area (Å²) in [6, 6.07) is 0. The van der Waals surface area contributed by atoms with Gasteiger partial charge in [0.2, 0.25) is 5.91 Å². The van der Waals surface area contributed by atoms with Crippen LogP contribution in [0.25, 0.3) is 11.2 Å². The number of aryl methyl sites for hydroxylation is 2. The molecule has 2 atom stereocenters. The number of hydrogen-bond donors (Lipinski definition) is 1. The number of aliphatic carboxylic acids is 1. The molecule has 2 aromatic rings. The molecule has 0 saturated carbocycles. The molecule has 10 nitrogen and oxygen atoms in total. The van der Waals surface area contributed by atoms with Crippen molar-refractivity contribution < 1.29 is 14.7 Å². The molecular weight excluding hydrogens is 342 g/mol. The van der Waals surface area contributed by atoms with Crippen molar-refractivity contribution in [3.63, 3.8) is 0 Å². The lowest BCUT2D eigenvalue weighted by atomic mass is 9.90. The Morgan fingerprint density at radius 1 is 1.27 bits per heavy atom. The Hall–Kier alpha value is -2.91. The molecule has 0 radical (unpaired) electrons. The molecule has 1 amide bonds. The molecule has 3 rings (SSSR count). The lowest BCUT2D eigenvalue weighted by molar-refractivity contribution is -0.147. The monoisotopic (exact) mass is 363 g/mol. The second-order valence-corrected chi connectivity index (χ2v) is 6.94. The van der Waals surface area contributed by atoms with Crippen LogP contribution in [-0.4, -0.2) is 53.7 Å². The van der Waals surface area contributed by atoms with Crippen LogP contribution in [0, 0.1) is 11.8 Å². The van der Waals surface area contributed by atoms with Crippen molar-refractivity contribution in [1.29, 1.82) is 0 Å². The number of carbonyl (C=O) groups excluding carboxylic acids is 1. The van der Waals surface area contributed by atoms with Gasteiger partial charge in [-0.2, -0.15) is 0 Å². The van der Waals surface area contributed by atoms with Gasteiger partial charge in [-0.15, -0.1) is 0 Å². The van der Waals surface area contributed by atoms with Gasteiger partial charge in [-0.1, -0.05) is 6.92 Å². The van der Waals surface area contributed by atoms with Crippen LogP contribution in [0.2, 0.25) is 0 Å². The lowest BCUT2D eigenvalue weighted by Crippen LogP contribution is -2.49. The average molecular weight is 363 g/mol. The summed E-state index contributed by atoms with van der Waals surface area (Å²) < 4.78 is 3.60. The summed E-state index contributed by atoms with van der Waals surface area (Å²) >= 11 is 0. The van der Waals surface area contributed by atoms with E-state index in [4.69, 9.17) is 0 Å². The summed E-state index contributed by atoms with van der Waals surface area (Å²) in [5.74, 6) is -1.99. The highest BCUT2D eigenvalue weighted by Crippen LogP contribution is 2.22. The van der Waals surface area contributed by atoms with Crippen molar-refractivity contribution in [2.24, 2.45) is 25.9 Å². The molecule has 1 aliphatic rings. The Balaban J connectivity index is 1.95. The van der Waals surface area contributed by atoms with Crippen molar-refractivity contribution in [3.05, 3.63) is 27.2 Å². The van der Waals surface area contributed by atoms with Gasteiger partial charge >= 0.3 is 11.7 Å². The minimum absolute atomic E-state index is 0.0351. The molecule has 2 aromatic heterocycles. The first-order chi connectivity index (χ1) is 12.2. The molecule has 0 bridgehead atoms. The first kappa shape index (κ1) is 17.9. The Labute approximate surface area is 148 Å². The van der Waals surface area contributed by atoms with Crippen molar-refractivity contribution in [2.45, 2.75) is 19.9 Å². The number of amides is 1. The van der Waals surface area contributed by atoms with Crippen LogP contribution in [-0.2, 0) is 30.2 Å².